The number of nitrogens with one attached hydrogen (secondary N) is 1. The van der Waals surface area contributed by atoms with Crippen LogP contribution in [0, 0.1) is 11.8 Å². The standard InChI is InChI=1S/C22H30N2O3/c1-3-27-21(25)22(10-11-26-14-22)17-8-9-18-19(13-17)24-20(23-18)12-16-6-4-15(2)5-7-16/h8-9,13,15-16H,3-7,10-12,14H2,1-2H3,(H,23,24). The van der Waals surface area contributed by atoms with Crippen molar-refractivity contribution in [1.82, 2.24) is 9.97 Å². The summed E-state index contributed by atoms with van der Waals surface area (Å²) in [6.07, 6.45) is 6.94. The highest BCUT2D eigenvalue weighted by molar-refractivity contribution is 5.86. The Kier molecular flexibility index (Phi) is 5.22. The lowest BCUT2D eigenvalue weighted by atomic mass is 9.79. The molecule has 5 heteroatoms. The molecule has 1 aliphatic carbocycles. The maximum absolute atomic E-state index is 12.7. The molecule has 1 unspecified atom stereocenters. The van der Waals surface area contributed by atoms with Gasteiger partial charge in [0.25, 0.3) is 0 Å². The molecule has 146 valence electrons. The molecule has 0 radical (unpaired) electrons. The number of H-pyrrole nitrogens is 1. The van der Waals surface area contributed by atoms with Crippen LogP contribution in [0.2, 0.25) is 0 Å². The summed E-state index contributed by atoms with van der Waals surface area (Å²) >= 11 is 0. The van der Waals surface area contributed by atoms with E-state index in [1.54, 1.807) is 0 Å². The Hall–Kier alpha value is -1.88. The summed E-state index contributed by atoms with van der Waals surface area (Å²) in [6, 6.07) is 6.11. The molecule has 0 spiro atoms. The summed E-state index contributed by atoms with van der Waals surface area (Å²) in [5.41, 5.74) is 2.25. The molecule has 1 saturated heterocycles. The van der Waals surface area contributed by atoms with Gasteiger partial charge in [0.15, 0.2) is 0 Å². The van der Waals surface area contributed by atoms with Crippen LogP contribution < -0.4 is 0 Å². The van der Waals surface area contributed by atoms with Gasteiger partial charge in [0, 0.05) is 13.0 Å². The zero-order valence-electron chi connectivity index (χ0n) is 16.4. The van der Waals surface area contributed by atoms with E-state index in [2.05, 4.69) is 18.0 Å². The van der Waals surface area contributed by atoms with Crippen molar-refractivity contribution in [3.05, 3.63) is 29.6 Å². The molecule has 27 heavy (non-hydrogen) atoms. The quantitative estimate of drug-likeness (QED) is 0.803. The van der Waals surface area contributed by atoms with Gasteiger partial charge in [-0.15, -0.1) is 0 Å². The van der Waals surface area contributed by atoms with E-state index in [4.69, 9.17) is 14.5 Å². The van der Waals surface area contributed by atoms with Gasteiger partial charge >= 0.3 is 5.97 Å². The topological polar surface area (TPSA) is 64.2 Å². The molecule has 0 amide bonds. The number of ether oxygens (including phenoxy) is 2. The SMILES string of the molecule is CCOC(=O)C1(c2ccc3nc(CC4CCC(C)CC4)[nH]c3c2)CCOC1. The van der Waals surface area contributed by atoms with Crippen LogP contribution in [-0.2, 0) is 26.1 Å². The number of nitrogens with zero attached hydrogens (tertiary/aromatic N) is 1. The largest absolute Gasteiger partial charge is 0.465 e. The fourth-order valence-electron chi connectivity index (χ4n) is 4.60. The van der Waals surface area contributed by atoms with Crippen molar-refractivity contribution in [1.29, 1.82) is 0 Å². The number of hydrogen-bond acceptors (Lipinski definition) is 4. The van der Waals surface area contributed by atoms with E-state index in [-0.39, 0.29) is 5.97 Å². The Morgan fingerprint density at radius 1 is 1.33 bits per heavy atom. The monoisotopic (exact) mass is 370 g/mol. The zero-order chi connectivity index (χ0) is 18.9. The second-order valence-corrected chi connectivity index (χ2v) is 8.35. The van der Waals surface area contributed by atoms with E-state index in [0.717, 1.165) is 40.7 Å². The van der Waals surface area contributed by atoms with E-state index in [1.807, 2.05) is 19.1 Å². The first-order valence-corrected chi connectivity index (χ1v) is 10.3. The third-order valence-corrected chi connectivity index (χ3v) is 6.39. The first-order valence-electron chi connectivity index (χ1n) is 10.3. The number of aromatic nitrogens is 2. The second kappa shape index (κ2) is 7.63. The third-order valence-electron chi connectivity index (χ3n) is 6.39. The minimum absolute atomic E-state index is 0.182. The molecule has 1 aromatic heterocycles. The molecule has 1 saturated carbocycles. The van der Waals surface area contributed by atoms with E-state index < -0.39 is 5.41 Å². The fourth-order valence-corrected chi connectivity index (χ4v) is 4.60. The van der Waals surface area contributed by atoms with Gasteiger partial charge in [0.05, 0.1) is 24.2 Å². The Balaban J connectivity index is 1.57. The summed E-state index contributed by atoms with van der Waals surface area (Å²) in [7, 11) is 0. The van der Waals surface area contributed by atoms with Crippen LogP contribution in [-0.4, -0.2) is 35.8 Å². The van der Waals surface area contributed by atoms with Gasteiger partial charge in [-0.05, 0) is 55.7 Å². The van der Waals surface area contributed by atoms with Crippen molar-refractivity contribution in [2.75, 3.05) is 19.8 Å². The Morgan fingerprint density at radius 2 is 2.15 bits per heavy atom. The van der Waals surface area contributed by atoms with Gasteiger partial charge in [0.1, 0.15) is 11.2 Å². The number of hydrogen-bond donors (Lipinski definition) is 1. The first kappa shape index (κ1) is 18.5. The Bertz CT molecular complexity index is 799. The number of esters is 1. The third kappa shape index (κ3) is 3.62. The average molecular weight is 370 g/mol. The van der Waals surface area contributed by atoms with Gasteiger partial charge < -0.3 is 14.5 Å². The summed E-state index contributed by atoms with van der Waals surface area (Å²) in [5, 5.41) is 0. The number of aromatic amines is 1. The minimum atomic E-state index is -0.686. The van der Waals surface area contributed by atoms with Gasteiger partial charge in [-0.25, -0.2) is 4.98 Å². The first-order chi connectivity index (χ1) is 13.1. The van der Waals surface area contributed by atoms with E-state index in [0.29, 0.717) is 26.2 Å². The van der Waals surface area contributed by atoms with Gasteiger partial charge in [-0.1, -0.05) is 25.8 Å². The van der Waals surface area contributed by atoms with Crippen LogP contribution >= 0.6 is 0 Å². The summed E-state index contributed by atoms with van der Waals surface area (Å²) in [6.45, 7) is 5.56. The summed E-state index contributed by atoms with van der Waals surface area (Å²) in [5.74, 6) is 2.48. The maximum Gasteiger partial charge on any atom is 0.319 e. The van der Waals surface area contributed by atoms with Crippen LogP contribution in [0.1, 0.15) is 57.3 Å². The predicted octanol–water partition coefficient (Wildman–Crippen LogP) is 4.15. The lowest BCUT2D eigenvalue weighted by Gasteiger charge is -2.25. The van der Waals surface area contributed by atoms with E-state index in [9.17, 15) is 4.79 Å². The van der Waals surface area contributed by atoms with Crippen molar-refractivity contribution in [2.45, 2.75) is 57.8 Å². The highest BCUT2D eigenvalue weighted by Crippen LogP contribution is 2.36. The fraction of sp³-hybridized carbons (Fsp3) is 0.636. The molecule has 1 aliphatic heterocycles. The number of benzene rings is 1. The number of rotatable bonds is 5. The number of imidazole rings is 1. The Labute approximate surface area is 160 Å². The van der Waals surface area contributed by atoms with E-state index >= 15 is 0 Å². The van der Waals surface area contributed by atoms with Crippen molar-refractivity contribution < 1.29 is 14.3 Å². The van der Waals surface area contributed by atoms with Crippen LogP contribution in [0.4, 0.5) is 0 Å². The molecule has 1 aromatic carbocycles. The second-order valence-electron chi connectivity index (χ2n) is 8.35. The molecule has 2 aliphatic rings. The molecule has 4 rings (SSSR count). The minimum Gasteiger partial charge on any atom is -0.465 e. The number of carbonyl (C=O) groups is 1. The molecular weight excluding hydrogens is 340 g/mol. The molecule has 2 aromatic rings. The normalized spacial score (nSPS) is 28.5. The average Bonchev–Trinajstić information content (AvgIpc) is 3.30. The summed E-state index contributed by atoms with van der Waals surface area (Å²) in [4.78, 5) is 21.0. The molecule has 5 nitrogen and oxygen atoms in total. The molecule has 1 atom stereocenters. The van der Waals surface area contributed by atoms with Crippen molar-refractivity contribution in [3.63, 3.8) is 0 Å². The predicted molar refractivity (Wildman–Crippen MR) is 105 cm³/mol. The molecule has 1 N–H and O–H groups in total. The lowest BCUT2D eigenvalue weighted by Crippen LogP contribution is -2.38. The van der Waals surface area contributed by atoms with Crippen LogP contribution in [0.15, 0.2) is 18.2 Å². The van der Waals surface area contributed by atoms with Crippen molar-refractivity contribution in [3.8, 4) is 0 Å². The molecular formula is C22H30N2O3. The highest BCUT2D eigenvalue weighted by Gasteiger charge is 2.45. The van der Waals surface area contributed by atoms with Gasteiger partial charge in [-0.2, -0.15) is 0 Å². The Morgan fingerprint density at radius 3 is 2.85 bits per heavy atom. The molecule has 0 bridgehead atoms. The van der Waals surface area contributed by atoms with Crippen molar-refractivity contribution in [2.24, 2.45) is 11.8 Å². The zero-order valence-corrected chi connectivity index (χ0v) is 16.4. The molecule has 2 heterocycles. The van der Waals surface area contributed by atoms with Crippen LogP contribution in [0.5, 0.6) is 0 Å². The van der Waals surface area contributed by atoms with Crippen molar-refractivity contribution >= 4 is 17.0 Å². The summed E-state index contributed by atoms with van der Waals surface area (Å²) < 4.78 is 10.9. The maximum atomic E-state index is 12.7. The van der Waals surface area contributed by atoms with Crippen LogP contribution in [0.25, 0.3) is 11.0 Å². The van der Waals surface area contributed by atoms with Gasteiger partial charge in [-0.3, -0.25) is 4.79 Å². The molecule has 2 fully saturated rings. The highest BCUT2D eigenvalue weighted by atomic mass is 16.5. The number of carbonyl (C=O) groups excluding carboxylic acids is 1. The van der Waals surface area contributed by atoms with E-state index in [1.165, 1.54) is 25.7 Å². The smallest absolute Gasteiger partial charge is 0.319 e. The number of fused-ring (bicyclic) bond motifs is 1. The van der Waals surface area contributed by atoms with Crippen LogP contribution in [0.3, 0.4) is 0 Å². The lowest BCUT2D eigenvalue weighted by molar-refractivity contribution is -0.150. The van der Waals surface area contributed by atoms with Gasteiger partial charge in [0.2, 0.25) is 0 Å².